The molecule has 0 radical (unpaired) electrons. The molecule has 0 aliphatic carbocycles. The number of amides is 1. The van der Waals surface area contributed by atoms with Crippen LogP contribution in [0.4, 0.5) is 8.68 Å². The van der Waals surface area contributed by atoms with Crippen molar-refractivity contribution in [1.82, 2.24) is 4.90 Å². The van der Waals surface area contributed by atoms with Crippen LogP contribution in [0.25, 0.3) is 0 Å². The summed E-state index contributed by atoms with van der Waals surface area (Å²) < 4.78 is 37.8. The summed E-state index contributed by atoms with van der Waals surface area (Å²) in [5, 5.41) is 0. The van der Waals surface area contributed by atoms with Crippen molar-refractivity contribution in [2.24, 2.45) is 0 Å². The van der Waals surface area contributed by atoms with Gasteiger partial charge in [-0.2, -0.15) is 8.42 Å². The van der Waals surface area contributed by atoms with Gasteiger partial charge in [-0.25, -0.2) is 4.79 Å². The van der Waals surface area contributed by atoms with Crippen molar-refractivity contribution < 1.29 is 21.8 Å². The third-order valence-electron chi connectivity index (χ3n) is 2.19. The van der Waals surface area contributed by atoms with Gasteiger partial charge in [0.1, 0.15) is 6.61 Å². The monoisotopic (exact) mass is 275 g/mol. The quantitative estimate of drug-likeness (QED) is 0.765. The summed E-state index contributed by atoms with van der Waals surface area (Å²) in [7, 11) is -3.22. The molecule has 1 aromatic rings. The molecule has 0 unspecified atom stereocenters. The Morgan fingerprint density at radius 1 is 1.33 bits per heavy atom. The van der Waals surface area contributed by atoms with E-state index in [1.807, 2.05) is 18.2 Å². The van der Waals surface area contributed by atoms with Gasteiger partial charge in [0.05, 0.1) is 5.75 Å². The highest BCUT2D eigenvalue weighted by atomic mass is 32.3. The van der Waals surface area contributed by atoms with Crippen LogP contribution in [-0.4, -0.2) is 38.8 Å². The lowest BCUT2D eigenvalue weighted by Gasteiger charge is -2.15. The molecule has 5 nitrogen and oxygen atoms in total. The molecule has 0 bridgehead atoms. The molecule has 100 valence electrons. The minimum atomic E-state index is -4.57. The second-order valence-electron chi connectivity index (χ2n) is 3.70. The van der Waals surface area contributed by atoms with E-state index < -0.39 is 22.1 Å². The zero-order valence-electron chi connectivity index (χ0n) is 9.87. The molecule has 0 aliphatic heterocycles. The molecular formula is C11H14FNO4S. The second-order valence-corrected chi connectivity index (χ2v) is 5.19. The summed E-state index contributed by atoms with van der Waals surface area (Å²) in [4.78, 5) is 12.4. The van der Waals surface area contributed by atoms with Gasteiger partial charge >= 0.3 is 16.3 Å². The van der Waals surface area contributed by atoms with Crippen molar-refractivity contribution in [2.45, 2.75) is 6.61 Å². The molecule has 1 amide bonds. The van der Waals surface area contributed by atoms with Gasteiger partial charge in [0.15, 0.2) is 0 Å². The van der Waals surface area contributed by atoms with Crippen LogP contribution < -0.4 is 0 Å². The van der Waals surface area contributed by atoms with Crippen LogP contribution in [0, 0.1) is 0 Å². The van der Waals surface area contributed by atoms with E-state index in [-0.39, 0.29) is 13.2 Å². The maximum Gasteiger partial charge on any atom is 0.409 e. The average Bonchev–Trinajstić information content (AvgIpc) is 2.33. The van der Waals surface area contributed by atoms with Gasteiger partial charge in [-0.05, 0) is 5.56 Å². The number of nitrogens with zero attached hydrogens (tertiary/aromatic N) is 1. The minimum absolute atomic E-state index is 0.0897. The molecule has 0 saturated heterocycles. The van der Waals surface area contributed by atoms with Crippen LogP contribution >= 0.6 is 0 Å². The van der Waals surface area contributed by atoms with Crippen LogP contribution in [0.5, 0.6) is 0 Å². The zero-order valence-corrected chi connectivity index (χ0v) is 10.7. The number of carbonyl (C=O) groups excluding carboxylic acids is 1. The molecule has 0 spiro atoms. The largest absolute Gasteiger partial charge is 0.445 e. The van der Waals surface area contributed by atoms with E-state index >= 15 is 0 Å². The first-order valence-electron chi connectivity index (χ1n) is 5.22. The third kappa shape index (κ3) is 5.62. The van der Waals surface area contributed by atoms with Crippen LogP contribution in [0.1, 0.15) is 5.56 Å². The molecular weight excluding hydrogens is 261 g/mol. The lowest BCUT2D eigenvalue weighted by Crippen LogP contribution is -2.31. The van der Waals surface area contributed by atoms with Gasteiger partial charge in [0.2, 0.25) is 0 Å². The van der Waals surface area contributed by atoms with Crippen LogP contribution in [0.2, 0.25) is 0 Å². The van der Waals surface area contributed by atoms with Crippen molar-refractivity contribution in [3.8, 4) is 0 Å². The molecule has 0 N–H and O–H groups in total. The fraction of sp³-hybridized carbons (Fsp3) is 0.364. The Balaban J connectivity index is 2.37. The van der Waals surface area contributed by atoms with E-state index in [0.717, 1.165) is 10.5 Å². The van der Waals surface area contributed by atoms with E-state index in [9.17, 15) is 17.1 Å². The van der Waals surface area contributed by atoms with E-state index in [1.54, 1.807) is 12.1 Å². The number of halogens is 1. The summed E-state index contributed by atoms with van der Waals surface area (Å²) in [6.45, 7) is -0.154. The van der Waals surface area contributed by atoms with Crippen molar-refractivity contribution in [3.63, 3.8) is 0 Å². The molecule has 0 aromatic heterocycles. The number of rotatable bonds is 5. The highest BCUT2D eigenvalue weighted by Crippen LogP contribution is 2.02. The van der Waals surface area contributed by atoms with Gasteiger partial charge in [0, 0.05) is 13.6 Å². The minimum Gasteiger partial charge on any atom is -0.445 e. The standard InChI is InChI=1S/C11H14FNO4S/c1-13(7-8-18(12,15)16)11(14)17-9-10-5-3-2-4-6-10/h2-6H,7-9H2,1H3. The number of hydrogen-bond acceptors (Lipinski definition) is 4. The first-order valence-corrected chi connectivity index (χ1v) is 6.78. The molecule has 18 heavy (non-hydrogen) atoms. The lowest BCUT2D eigenvalue weighted by atomic mass is 10.2. The predicted molar refractivity (Wildman–Crippen MR) is 64.2 cm³/mol. The second kappa shape index (κ2) is 6.34. The SMILES string of the molecule is CN(CCS(=O)(=O)F)C(=O)OCc1ccccc1. The van der Waals surface area contributed by atoms with Gasteiger partial charge < -0.3 is 9.64 Å². The van der Waals surface area contributed by atoms with Crippen molar-refractivity contribution >= 4 is 16.3 Å². The maximum absolute atomic E-state index is 12.3. The fourth-order valence-corrected chi connectivity index (χ4v) is 1.66. The van der Waals surface area contributed by atoms with E-state index in [4.69, 9.17) is 4.74 Å². The Morgan fingerprint density at radius 3 is 2.50 bits per heavy atom. The normalized spacial score (nSPS) is 11.0. The molecule has 7 heteroatoms. The summed E-state index contributed by atoms with van der Waals surface area (Å²) in [5.74, 6) is -0.732. The summed E-state index contributed by atoms with van der Waals surface area (Å²) in [6, 6.07) is 9.03. The maximum atomic E-state index is 12.3. The van der Waals surface area contributed by atoms with Gasteiger partial charge in [-0.1, -0.05) is 30.3 Å². The highest BCUT2D eigenvalue weighted by Gasteiger charge is 2.14. The Hall–Kier alpha value is -1.63. The summed E-state index contributed by atoms with van der Waals surface area (Å²) >= 11 is 0. The fourth-order valence-electron chi connectivity index (χ4n) is 1.17. The summed E-state index contributed by atoms with van der Waals surface area (Å²) in [6.07, 6.45) is -0.692. The molecule has 0 fully saturated rings. The van der Waals surface area contributed by atoms with Crippen molar-refractivity contribution in [2.75, 3.05) is 19.3 Å². The Labute approximate surface area is 105 Å². The Kier molecular flexibility index (Phi) is 5.08. The first kappa shape index (κ1) is 14.4. The number of hydrogen-bond donors (Lipinski definition) is 0. The van der Waals surface area contributed by atoms with Crippen LogP contribution in [-0.2, 0) is 21.6 Å². The van der Waals surface area contributed by atoms with Crippen molar-refractivity contribution in [3.05, 3.63) is 35.9 Å². The van der Waals surface area contributed by atoms with Gasteiger partial charge in [-0.3, -0.25) is 0 Å². The van der Waals surface area contributed by atoms with Gasteiger partial charge in [-0.15, -0.1) is 3.89 Å². The predicted octanol–water partition coefficient (Wildman–Crippen LogP) is 1.55. The number of carbonyl (C=O) groups is 1. The van der Waals surface area contributed by atoms with Crippen molar-refractivity contribution in [1.29, 1.82) is 0 Å². The van der Waals surface area contributed by atoms with E-state index in [1.165, 1.54) is 7.05 Å². The molecule has 1 aromatic carbocycles. The smallest absolute Gasteiger partial charge is 0.409 e. The third-order valence-corrected chi connectivity index (χ3v) is 2.86. The Morgan fingerprint density at radius 2 is 1.94 bits per heavy atom. The topological polar surface area (TPSA) is 63.7 Å². The lowest BCUT2D eigenvalue weighted by molar-refractivity contribution is 0.106. The Bertz CT molecular complexity index is 489. The number of ether oxygens (including phenoxy) is 1. The number of benzene rings is 1. The molecule has 0 saturated carbocycles. The average molecular weight is 275 g/mol. The van der Waals surface area contributed by atoms with E-state index in [0.29, 0.717) is 0 Å². The van der Waals surface area contributed by atoms with Crippen LogP contribution in [0.15, 0.2) is 30.3 Å². The summed E-state index contributed by atoms with van der Waals surface area (Å²) in [5.41, 5.74) is 0.817. The van der Waals surface area contributed by atoms with Gasteiger partial charge in [0.25, 0.3) is 0 Å². The molecule has 0 heterocycles. The zero-order chi connectivity index (χ0) is 13.6. The van der Waals surface area contributed by atoms with E-state index in [2.05, 4.69) is 0 Å². The first-order chi connectivity index (χ1) is 8.38. The molecule has 0 atom stereocenters. The molecule has 1 rings (SSSR count). The molecule has 0 aliphatic rings. The van der Waals surface area contributed by atoms with Crippen LogP contribution in [0.3, 0.4) is 0 Å². The highest BCUT2D eigenvalue weighted by molar-refractivity contribution is 7.86.